The van der Waals surface area contributed by atoms with Crippen LogP contribution < -0.4 is 4.74 Å². The summed E-state index contributed by atoms with van der Waals surface area (Å²) >= 11 is 0. The number of imidazole rings is 1. The summed E-state index contributed by atoms with van der Waals surface area (Å²) in [6, 6.07) is 8.36. The molecule has 0 aliphatic carbocycles. The molecule has 0 saturated heterocycles. The van der Waals surface area contributed by atoms with Gasteiger partial charge in [0.1, 0.15) is 23.8 Å². The van der Waals surface area contributed by atoms with E-state index in [1.165, 1.54) is 5.56 Å². The number of hydrogen-bond acceptors (Lipinski definition) is 3. The van der Waals surface area contributed by atoms with Gasteiger partial charge in [0, 0.05) is 18.9 Å². The molecule has 1 aromatic heterocycles. The number of aryl methyl sites for hydroxylation is 2. The van der Waals surface area contributed by atoms with Crippen LogP contribution in [-0.2, 0) is 19.6 Å². The van der Waals surface area contributed by atoms with Crippen molar-refractivity contribution >= 4 is 0 Å². The van der Waals surface area contributed by atoms with E-state index in [0.29, 0.717) is 0 Å². The van der Waals surface area contributed by atoms with E-state index in [4.69, 9.17) is 9.84 Å². The Balaban J connectivity index is 1.75. The van der Waals surface area contributed by atoms with Crippen molar-refractivity contribution in [2.24, 2.45) is 0 Å². The minimum absolute atomic E-state index is 0.00222. The summed E-state index contributed by atoms with van der Waals surface area (Å²) in [6.45, 7) is 7.07. The minimum Gasteiger partial charge on any atom is -0.488 e. The van der Waals surface area contributed by atoms with Crippen LogP contribution in [0.4, 0.5) is 0 Å². The van der Waals surface area contributed by atoms with Crippen LogP contribution in [0.1, 0.15) is 45.0 Å². The van der Waals surface area contributed by atoms with Gasteiger partial charge >= 0.3 is 0 Å². The average molecular weight is 302 g/mol. The maximum atomic E-state index is 9.15. The fourth-order valence-electron chi connectivity index (χ4n) is 2.38. The van der Waals surface area contributed by atoms with E-state index in [0.717, 1.165) is 37.4 Å². The van der Waals surface area contributed by atoms with Gasteiger partial charge in [-0.3, -0.25) is 0 Å². The molecule has 120 valence electrons. The first-order chi connectivity index (χ1) is 10.5. The summed E-state index contributed by atoms with van der Waals surface area (Å²) in [5.41, 5.74) is 1.17. The third-order valence-electron chi connectivity index (χ3n) is 3.40. The van der Waals surface area contributed by atoms with Crippen LogP contribution in [0.15, 0.2) is 36.7 Å². The van der Waals surface area contributed by atoms with Crippen molar-refractivity contribution in [2.75, 3.05) is 0 Å². The van der Waals surface area contributed by atoms with Crippen molar-refractivity contribution in [3.63, 3.8) is 0 Å². The predicted octanol–water partition coefficient (Wildman–Crippen LogP) is 3.58. The predicted molar refractivity (Wildman–Crippen MR) is 87.9 cm³/mol. The Hall–Kier alpha value is -1.81. The third-order valence-corrected chi connectivity index (χ3v) is 3.40. The maximum absolute atomic E-state index is 9.15. The number of nitrogens with zero attached hydrogens (tertiary/aromatic N) is 2. The number of unbranched alkanes of at least 4 members (excludes halogenated alkanes) is 1. The molecule has 0 saturated carbocycles. The van der Waals surface area contributed by atoms with Crippen LogP contribution >= 0.6 is 0 Å². The highest BCUT2D eigenvalue weighted by atomic mass is 16.5. The number of hydrogen-bond donors (Lipinski definition) is 1. The number of aliphatic hydroxyl groups excluding tert-OH is 1. The second-order valence-corrected chi connectivity index (χ2v) is 6.51. The molecule has 0 radical (unpaired) electrons. The zero-order valence-electron chi connectivity index (χ0n) is 13.7. The molecule has 1 N–H and O–H groups in total. The lowest BCUT2D eigenvalue weighted by atomic mass is 10.1. The van der Waals surface area contributed by atoms with Gasteiger partial charge < -0.3 is 14.4 Å². The number of ether oxygens (including phenoxy) is 1. The second-order valence-electron chi connectivity index (χ2n) is 6.51. The summed E-state index contributed by atoms with van der Waals surface area (Å²) in [6.07, 6.45) is 6.90. The first-order valence-electron chi connectivity index (χ1n) is 7.87. The van der Waals surface area contributed by atoms with Crippen LogP contribution in [0.3, 0.4) is 0 Å². The smallest absolute Gasteiger partial charge is 0.134 e. The van der Waals surface area contributed by atoms with Crippen molar-refractivity contribution in [3.8, 4) is 5.75 Å². The third kappa shape index (κ3) is 5.19. The van der Waals surface area contributed by atoms with Crippen molar-refractivity contribution in [1.29, 1.82) is 0 Å². The summed E-state index contributed by atoms with van der Waals surface area (Å²) in [4.78, 5) is 4.11. The van der Waals surface area contributed by atoms with Gasteiger partial charge in [0.25, 0.3) is 0 Å². The van der Waals surface area contributed by atoms with Gasteiger partial charge in [-0.05, 0) is 57.7 Å². The monoisotopic (exact) mass is 302 g/mol. The number of rotatable bonds is 7. The summed E-state index contributed by atoms with van der Waals surface area (Å²) < 4.78 is 7.84. The molecular weight excluding hydrogens is 276 g/mol. The van der Waals surface area contributed by atoms with Crippen LogP contribution in [-0.4, -0.2) is 20.3 Å². The lowest BCUT2D eigenvalue weighted by Gasteiger charge is -2.21. The lowest BCUT2D eigenvalue weighted by molar-refractivity contribution is 0.131. The van der Waals surface area contributed by atoms with Crippen molar-refractivity contribution in [1.82, 2.24) is 9.55 Å². The van der Waals surface area contributed by atoms with Gasteiger partial charge in [0.05, 0.1) is 0 Å². The van der Waals surface area contributed by atoms with E-state index < -0.39 is 0 Å². The molecule has 0 bridgehead atoms. The van der Waals surface area contributed by atoms with E-state index in [-0.39, 0.29) is 12.2 Å². The number of aliphatic hydroxyl groups is 1. The van der Waals surface area contributed by atoms with Crippen LogP contribution in [0.2, 0.25) is 0 Å². The summed E-state index contributed by atoms with van der Waals surface area (Å²) in [5.74, 6) is 1.66. The molecule has 0 aliphatic rings. The van der Waals surface area contributed by atoms with Gasteiger partial charge in [-0.2, -0.15) is 0 Å². The van der Waals surface area contributed by atoms with Gasteiger partial charge in [0.15, 0.2) is 0 Å². The fourth-order valence-corrected chi connectivity index (χ4v) is 2.38. The first-order valence-corrected chi connectivity index (χ1v) is 7.87. The Bertz CT molecular complexity index is 568. The normalized spacial score (nSPS) is 11.6. The topological polar surface area (TPSA) is 47.3 Å². The molecule has 0 atom stereocenters. The van der Waals surface area contributed by atoms with Crippen molar-refractivity contribution in [3.05, 3.63) is 48.0 Å². The summed E-state index contributed by atoms with van der Waals surface area (Å²) in [7, 11) is 0. The van der Waals surface area contributed by atoms with Crippen molar-refractivity contribution < 1.29 is 9.84 Å². The molecule has 22 heavy (non-hydrogen) atoms. The zero-order valence-corrected chi connectivity index (χ0v) is 13.7. The second kappa shape index (κ2) is 7.45. The SMILES string of the molecule is CC(C)(C)Oc1ccc(CCCCn2ccnc2CO)cc1. The molecular formula is C18H26N2O2. The Morgan fingerprint density at radius 2 is 1.86 bits per heavy atom. The highest BCUT2D eigenvalue weighted by molar-refractivity contribution is 5.27. The van der Waals surface area contributed by atoms with E-state index in [1.54, 1.807) is 6.20 Å². The van der Waals surface area contributed by atoms with Gasteiger partial charge in [-0.25, -0.2) is 4.98 Å². The van der Waals surface area contributed by atoms with E-state index in [9.17, 15) is 0 Å². The average Bonchev–Trinajstić information content (AvgIpc) is 2.91. The Morgan fingerprint density at radius 1 is 1.14 bits per heavy atom. The zero-order chi connectivity index (χ0) is 16.0. The number of aromatic nitrogens is 2. The van der Waals surface area contributed by atoms with Crippen molar-refractivity contribution in [2.45, 2.75) is 58.8 Å². The van der Waals surface area contributed by atoms with Gasteiger partial charge in [0.2, 0.25) is 0 Å². The molecule has 1 heterocycles. The molecule has 0 amide bonds. The number of benzene rings is 1. The van der Waals surface area contributed by atoms with E-state index in [2.05, 4.69) is 37.9 Å². The standard InChI is InChI=1S/C18H26N2O2/c1-18(2,3)22-16-9-7-15(8-10-16)6-4-5-12-20-13-11-19-17(20)14-21/h7-11,13,21H,4-6,12,14H2,1-3H3. The molecule has 2 aromatic rings. The summed E-state index contributed by atoms with van der Waals surface area (Å²) in [5, 5.41) is 9.15. The van der Waals surface area contributed by atoms with Gasteiger partial charge in [-0.15, -0.1) is 0 Å². The Kier molecular flexibility index (Phi) is 5.61. The molecule has 0 aliphatic heterocycles. The molecule has 4 heteroatoms. The van der Waals surface area contributed by atoms with E-state index in [1.807, 2.05) is 22.9 Å². The molecule has 0 spiro atoms. The van der Waals surface area contributed by atoms with Crippen LogP contribution in [0.5, 0.6) is 5.75 Å². The van der Waals surface area contributed by atoms with E-state index >= 15 is 0 Å². The molecule has 1 aromatic carbocycles. The Labute approximate surface area is 132 Å². The highest BCUT2D eigenvalue weighted by Gasteiger charge is 2.11. The highest BCUT2D eigenvalue weighted by Crippen LogP contribution is 2.19. The quantitative estimate of drug-likeness (QED) is 0.795. The molecule has 0 unspecified atom stereocenters. The van der Waals surface area contributed by atoms with Crippen LogP contribution in [0.25, 0.3) is 0 Å². The minimum atomic E-state index is -0.156. The lowest BCUT2D eigenvalue weighted by Crippen LogP contribution is -2.22. The molecule has 2 rings (SSSR count). The maximum Gasteiger partial charge on any atom is 0.134 e. The first kappa shape index (κ1) is 16.6. The largest absolute Gasteiger partial charge is 0.488 e. The van der Waals surface area contributed by atoms with Gasteiger partial charge in [-0.1, -0.05) is 12.1 Å². The molecule has 0 fully saturated rings. The van der Waals surface area contributed by atoms with Crippen LogP contribution in [0, 0.1) is 0 Å². The fraction of sp³-hybridized carbons (Fsp3) is 0.500. The Morgan fingerprint density at radius 3 is 2.50 bits per heavy atom. The molecule has 4 nitrogen and oxygen atoms in total.